The van der Waals surface area contributed by atoms with Crippen LogP contribution in [0, 0.1) is 5.92 Å². The van der Waals surface area contributed by atoms with Gasteiger partial charge in [-0.05, 0) is 44.5 Å². The number of nitrogens with one attached hydrogen (secondary N) is 2. The van der Waals surface area contributed by atoms with Crippen LogP contribution in [0.15, 0.2) is 0 Å². The molecule has 2 atom stereocenters. The predicted octanol–water partition coefficient (Wildman–Crippen LogP) is 1.04. The fourth-order valence-electron chi connectivity index (χ4n) is 2.13. The Hall–Kier alpha value is 0.270. The summed E-state index contributed by atoms with van der Waals surface area (Å²) in [5.41, 5.74) is 0. The predicted molar refractivity (Wildman–Crippen MR) is 54.5 cm³/mol. The van der Waals surface area contributed by atoms with Crippen LogP contribution in [0.4, 0.5) is 0 Å². The minimum atomic E-state index is 0.363. The Kier molecular flexibility index (Phi) is 2.63. The smallest absolute Gasteiger partial charge is 0.0657 e. The molecule has 2 aliphatic heterocycles. The third-order valence-corrected chi connectivity index (χ3v) is 4.61. The highest BCUT2D eigenvalue weighted by Gasteiger charge is 2.37. The van der Waals surface area contributed by atoms with E-state index in [4.69, 9.17) is 0 Å². The molecule has 2 saturated heterocycles. The average molecular weight is 186 g/mol. The van der Waals surface area contributed by atoms with E-state index < -0.39 is 0 Å². The molecule has 0 aromatic rings. The first-order valence-corrected chi connectivity index (χ1v) is 5.89. The molecule has 2 rings (SSSR count). The second kappa shape index (κ2) is 3.56. The van der Waals surface area contributed by atoms with Crippen molar-refractivity contribution in [1.82, 2.24) is 10.6 Å². The zero-order valence-electron chi connectivity index (χ0n) is 7.73. The molecule has 0 aliphatic carbocycles. The summed E-state index contributed by atoms with van der Waals surface area (Å²) in [4.78, 5) is 0.363. The van der Waals surface area contributed by atoms with Crippen molar-refractivity contribution in [2.45, 2.75) is 24.6 Å². The number of hydrogen-bond donors (Lipinski definition) is 2. The summed E-state index contributed by atoms with van der Waals surface area (Å²) in [6, 6.07) is 0. The molecule has 0 saturated carbocycles. The topological polar surface area (TPSA) is 24.1 Å². The van der Waals surface area contributed by atoms with Crippen molar-refractivity contribution < 1.29 is 0 Å². The van der Waals surface area contributed by atoms with Crippen LogP contribution in [0.2, 0.25) is 0 Å². The van der Waals surface area contributed by atoms with Crippen molar-refractivity contribution in [1.29, 1.82) is 0 Å². The molecule has 2 nitrogen and oxygen atoms in total. The molecule has 2 heterocycles. The van der Waals surface area contributed by atoms with Gasteiger partial charge in [0.2, 0.25) is 0 Å². The lowest BCUT2D eigenvalue weighted by Gasteiger charge is -2.39. The minimum absolute atomic E-state index is 0.363. The molecular weight excluding hydrogens is 168 g/mol. The van der Waals surface area contributed by atoms with E-state index in [0.717, 1.165) is 5.92 Å². The first-order chi connectivity index (χ1) is 5.81. The molecule has 12 heavy (non-hydrogen) atoms. The van der Waals surface area contributed by atoms with Crippen LogP contribution in [0.5, 0.6) is 0 Å². The van der Waals surface area contributed by atoms with Crippen molar-refractivity contribution in [2.24, 2.45) is 5.92 Å². The highest BCUT2D eigenvalue weighted by molar-refractivity contribution is 8.00. The molecular formula is C9H18N2S. The van der Waals surface area contributed by atoms with Gasteiger partial charge in [0, 0.05) is 6.54 Å². The van der Waals surface area contributed by atoms with E-state index in [-0.39, 0.29) is 0 Å². The molecule has 3 heteroatoms. The van der Waals surface area contributed by atoms with Gasteiger partial charge in [0.25, 0.3) is 0 Å². The zero-order chi connectivity index (χ0) is 8.44. The lowest BCUT2D eigenvalue weighted by atomic mass is 9.99. The third-order valence-electron chi connectivity index (χ3n) is 3.04. The van der Waals surface area contributed by atoms with E-state index in [1.807, 2.05) is 0 Å². The first-order valence-electron chi connectivity index (χ1n) is 4.91. The summed E-state index contributed by atoms with van der Waals surface area (Å²) in [5.74, 6) is 2.17. The van der Waals surface area contributed by atoms with E-state index in [0.29, 0.717) is 4.87 Å². The van der Waals surface area contributed by atoms with Crippen molar-refractivity contribution in [3.63, 3.8) is 0 Å². The summed E-state index contributed by atoms with van der Waals surface area (Å²) < 4.78 is 0. The quantitative estimate of drug-likeness (QED) is 0.640. The number of thioether (sulfide) groups is 1. The second-order valence-corrected chi connectivity index (χ2v) is 5.47. The highest BCUT2D eigenvalue weighted by Crippen LogP contribution is 2.36. The van der Waals surface area contributed by atoms with E-state index in [1.54, 1.807) is 0 Å². The van der Waals surface area contributed by atoms with Crippen LogP contribution in [0.1, 0.15) is 19.8 Å². The van der Waals surface area contributed by atoms with Crippen LogP contribution in [-0.2, 0) is 0 Å². The maximum absolute atomic E-state index is 3.66. The Bertz CT molecular complexity index is 149. The largest absolute Gasteiger partial charge is 0.316 e. The number of hydrogen-bond acceptors (Lipinski definition) is 3. The summed E-state index contributed by atoms with van der Waals surface area (Å²) in [7, 11) is 0. The van der Waals surface area contributed by atoms with Crippen LogP contribution in [0.25, 0.3) is 0 Å². The molecule has 0 aromatic carbocycles. The Morgan fingerprint density at radius 1 is 1.42 bits per heavy atom. The number of rotatable bonds is 1. The Morgan fingerprint density at radius 2 is 2.33 bits per heavy atom. The van der Waals surface area contributed by atoms with E-state index in [9.17, 15) is 0 Å². The first kappa shape index (κ1) is 8.85. The van der Waals surface area contributed by atoms with Crippen molar-refractivity contribution in [3.8, 4) is 0 Å². The highest BCUT2D eigenvalue weighted by atomic mass is 32.2. The van der Waals surface area contributed by atoms with E-state index in [1.165, 1.54) is 38.2 Å². The normalized spacial score (nSPS) is 43.2. The van der Waals surface area contributed by atoms with Gasteiger partial charge in [0.15, 0.2) is 0 Å². The molecule has 2 N–H and O–H groups in total. The van der Waals surface area contributed by atoms with E-state index in [2.05, 4.69) is 29.3 Å². The zero-order valence-corrected chi connectivity index (χ0v) is 8.54. The van der Waals surface area contributed by atoms with Gasteiger partial charge in [-0.15, -0.1) is 11.8 Å². The van der Waals surface area contributed by atoms with Gasteiger partial charge in [-0.3, -0.25) is 0 Å². The third kappa shape index (κ3) is 1.63. The van der Waals surface area contributed by atoms with Crippen molar-refractivity contribution in [3.05, 3.63) is 0 Å². The van der Waals surface area contributed by atoms with Crippen LogP contribution in [-0.4, -0.2) is 30.3 Å². The Morgan fingerprint density at radius 3 is 2.92 bits per heavy atom. The molecule has 70 valence electrons. The maximum atomic E-state index is 3.66. The SMILES string of the molecule is CC1(C2CCNC2)NCCCS1. The standard InChI is InChI=1S/C9H18N2S/c1-9(8-3-5-10-7-8)11-4-2-6-12-9/h8,10-11H,2-7H2,1H3. The van der Waals surface area contributed by atoms with Gasteiger partial charge >= 0.3 is 0 Å². The Labute approximate surface area is 78.9 Å². The van der Waals surface area contributed by atoms with Gasteiger partial charge in [0.1, 0.15) is 0 Å². The molecule has 0 aromatic heterocycles. The van der Waals surface area contributed by atoms with Crippen molar-refractivity contribution in [2.75, 3.05) is 25.4 Å². The monoisotopic (exact) mass is 186 g/mol. The maximum Gasteiger partial charge on any atom is 0.0657 e. The van der Waals surface area contributed by atoms with Gasteiger partial charge in [0.05, 0.1) is 4.87 Å². The summed E-state index contributed by atoms with van der Waals surface area (Å²) in [5, 5.41) is 7.10. The molecule has 2 unspecified atom stereocenters. The second-order valence-electron chi connectivity index (χ2n) is 3.93. The van der Waals surface area contributed by atoms with Crippen LogP contribution in [0.3, 0.4) is 0 Å². The molecule has 0 amide bonds. The molecule has 0 bridgehead atoms. The summed E-state index contributed by atoms with van der Waals surface area (Å²) in [6.45, 7) is 5.99. The van der Waals surface area contributed by atoms with Crippen LogP contribution >= 0.6 is 11.8 Å². The van der Waals surface area contributed by atoms with Gasteiger partial charge < -0.3 is 10.6 Å². The fourth-order valence-corrected chi connectivity index (χ4v) is 3.48. The average Bonchev–Trinajstić information content (AvgIpc) is 2.58. The van der Waals surface area contributed by atoms with Gasteiger partial charge in [-0.1, -0.05) is 0 Å². The lowest BCUT2D eigenvalue weighted by Crippen LogP contribution is -2.49. The van der Waals surface area contributed by atoms with Crippen molar-refractivity contribution >= 4 is 11.8 Å². The molecule has 2 fully saturated rings. The molecule has 0 radical (unpaired) electrons. The molecule has 0 spiro atoms. The fraction of sp³-hybridized carbons (Fsp3) is 1.00. The Balaban J connectivity index is 1.97. The van der Waals surface area contributed by atoms with E-state index >= 15 is 0 Å². The summed E-state index contributed by atoms with van der Waals surface area (Å²) >= 11 is 2.11. The lowest BCUT2D eigenvalue weighted by molar-refractivity contribution is 0.352. The minimum Gasteiger partial charge on any atom is -0.316 e. The van der Waals surface area contributed by atoms with Gasteiger partial charge in [-0.2, -0.15) is 0 Å². The summed E-state index contributed by atoms with van der Waals surface area (Å²) in [6.07, 6.45) is 2.68. The van der Waals surface area contributed by atoms with Gasteiger partial charge in [-0.25, -0.2) is 0 Å². The molecule has 2 aliphatic rings. The van der Waals surface area contributed by atoms with Crippen LogP contribution < -0.4 is 10.6 Å².